The first kappa shape index (κ1) is 50.9. The predicted octanol–water partition coefficient (Wildman–Crippen LogP) is 2.77. The summed E-state index contributed by atoms with van der Waals surface area (Å²) in [6, 6.07) is 8.10. The third kappa shape index (κ3) is 12.8. The molecule has 5 unspecified atom stereocenters. The van der Waals surface area contributed by atoms with Crippen molar-refractivity contribution in [1.29, 1.82) is 0 Å². The van der Waals surface area contributed by atoms with Gasteiger partial charge in [0.15, 0.2) is 48.7 Å². The van der Waals surface area contributed by atoms with E-state index in [0.29, 0.717) is 0 Å². The summed E-state index contributed by atoms with van der Waals surface area (Å²) in [5, 5.41) is -0.356. The van der Waals surface area contributed by atoms with E-state index in [1.54, 1.807) is 0 Å². The number of benzene rings is 2. The van der Waals surface area contributed by atoms with E-state index in [-0.39, 0.29) is 39.5 Å². The van der Waals surface area contributed by atoms with Crippen molar-refractivity contribution >= 4 is 58.7 Å². The maximum absolute atomic E-state index is 15.0. The van der Waals surface area contributed by atoms with Crippen LogP contribution in [-0.4, -0.2) is 123 Å². The Morgan fingerprint density at radius 3 is 1.64 bits per heavy atom. The molecule has 2 fully saturated rings. The average molecular weight is 945 g/mol. The number of carbonyl (C=O) groups excluding carboxylic acids is 8. The fourth-order valence-electron chi connectivity index (χ4n) is 7.19. The molecule has 2 saturated heterocycles. The quantitative estimate of drug-likeness (QED) is 0.120. The zero-order valence-electron chi connectivity index (χ0n) is 37.8. The van der Waals surface area contributed by atoms with Gasteiger partial charge in [0.1, 0.15) is 40.9 Å². The lowest BCUT2D eigenvalue weighted by molar-refractivity contribution is -0.356. The van der Waals surface area contributed by atoms with E-state index in [4.69, 9.17) is 66.0 Å². The molecule has 23 heteroatoms. The number of hydrogen-bond acceptors (Lipinski definition) is 23. The molecule has 0 aliphatic carbocycles. The van der Waals surface area contributed by atoms with Crippen molar-refractivity contribution in [3.63, 3.8) is 0 Å². The molecule has 0 N–H and O–H groups in total. The van der Waals surface area contributed by atoms with Crippen LogP contribution in [0.1, 0.15) is 62.3 Å². The Morgan fingerprint density at radius 1 is 0.567 bits per heavy atom. The fourth-order valence-corrected chi connectivity index (χ4v) is 7.19. The van der Waals surface area contributed by atoms with Gasteiger partial charge in [0.25, 0.3) is 0 Å². The van der Waals surface area contributed by atoms with Crippen molar-refractivity contribution < 1.29 is 104 Å². The Bertz CT molecular complexity index is 2440. The van der Waals surface area contributed by atoms with Crippen LogP contribution in [-0.2, 0) is 81.0 Å². The van der Waals surface area contributed by atoms with Gasteiger partial charge >= 0.3 is 47.8 Å². The van der Waals surface area contributed by atoms with Crippen LogP contribution in [0.4, 0.5) is 0 Å². The summed E-state index contributed by atoms with van der Waals surface area (Å²) in [7, 11) is 1.31. The molecule has 2 aliphatic rings. The van der Waals surface area contributed by atoms with Crippen LogP contribution in [0, 0.1) is 0 Å². The highest BCUT2D eigenvalue weighted by Gasteiger charge is 2.57. The molecule has 362 valence electrons. The molecule has 2 aromatic carbocycles. The van der Waals surface area contributed by atoms with Gasteiger partial charge in [0, 0.05) is 73.1 Å². The molecule has 23 nitrogen and oxygen atoms in total. The van der Waals surface area contributed by atoms with Gasteiger partial charge in [0.2, 0.25) is 17.5 Å². The molecule has 5 rings (SSSR count). The van der Waals surface area contributed by atoms with Gasteiger partial charge in [-0.1, -0.05) is 0 Å². The van der Waals surface area contributed by atoms with Gasteiger partial charge in [-0.25, -0.2) is 0 Å². The van der Waals surface area contributed by atoms with Crippen molar-refractivity contribution in [2.24, 2.45) is 0 Å². The second-order valence-electron chi connectivity index (χ2n) is 14.9. The summed E-state index contributed by atoms with van der Waals surface area (Å²) in [5.74, 6) is -8.08. The van der Waals surface area contributed by atoms with Gasteiger partial charge in [0.05, 0.1) is 13.2 Å². The second-order valence-corrected chi connectivity index (χ2v) is 14.9. The van der Waals surface area contributed by atoms with Crippen LogP contribution in [0.3, 0.4) is 0 Å². The van der Waals surface area contributed by atoms with Gasteiger partial charge in [-0.3, -0.25) is 43.2 Å². The van der Waals surface area contributed by atoms with Crippen molar-refractivity contribution in [2.45, 2.75) is 124 Å². The number of esters is 8. The Labute approximate surface area is 380 Å². The SMILES string of the molecule is COc1cc(OC(C)=O)c2c(=O)c(O[C@@H]3O[C@H](COC(C)=O)C(OC(C)=O)[C@H](OC(C)=O)C3O[C@@H]3OC(C)[C@H](OC(C)=O)C(OC(C)=O)C3OC(C)=O)c(-c3ccc(OC(C)=O)cc3)oc2c1. The van der Waals surface area contributed by atoms with E-state index in [9.17, 15) is 43.2 Å². The third-order valence-electron chi connectivity index (χ3n) is 9.56. The molecular formula is C44H48O23. The minimum absolute atomic E-state index is 0.0990. The molecule has 0 spiro atoms. The molecule has 10 atom stereocenters. The van der Waals surface area contributed by atoms with Crippen LogP contribution >= 0.6 is 0 Å². The Balaban J connectivity index is 1.80. The molecule has 0 bridgehead atoms. The Kier molecular flexibility index (Phi) is 16.6. The summed E-state index contributed by atoms with van der Waals surface area (Å²) in [6.07, 6.45) is -17.0. The molecule has 2 aliphatic heterocycles. The zero-order valence-corrected chi connectivity index (χ0v) is 37.8. The molecule has 0 amide bonds. The van der Waals surface area contributed by atoms with E-state index in [2.05, 4.69) is 0 Å². The maximum atomic E-state index is 15.0. The molecule has 1 aromatic heterocycles. The predicted molar refractivity (Wildman–Crippen MR) is 220 cm³/mol. The molecular weight excluding hydrogens is 896 g/mol. The maximum Gasteiger partial charge on any atom is 0.308 e. The highest BCUT2D eigenvalue weighted by Crippen LogP contribution is 2.40. The monoisotopic (exact) mass is 944 g/mol. The molecule has 3 aromatic rings. The highest BCUT2D eigenvalue weighted by atomic mass is 16.8. The smallest absolute Gasteiger partial charge is 0.308 e. The number of rotatable bonds is 15. The minimum Gasteiger partial charge on any atom is -0.496 e. The lowest BCUT2D eigenvalue weighted by Crippen LogP contribution is -2.67. The van der Waals surface area contributed by atoms with Crippen LogP contribution < -0.4 is 24.4 Å². The van der Waals surface area contributed by atoms with Gasteiger partial charge in [-0.15, -0.1) is 0 Å². The van der Waals surface area contributed by atoms with E-state index in [0.717, 1.165) is 48.5 Å². The molecule has 0 radical (unpaired) electrons. The summed E-state index contributed by atoms with van der Waals surface area (Å²) in [4.78, 5) is 114. The standard InChI is InChI=1S/C44H48O23/c1-18-35(59-22(5)48)39(61-24(7)50)41(63-26(9)52)43(56-18)67-42-40(62-25(8)51)37(60-23(6)49)32(17-55-19(2)45)65-44(42)66-38-34(53)33-30(58-21(4)47)15-29(54-10)16-31(33)64-36(38)27-11-13-28(14-12-27)57-20(3)46/h11-16,18,32,35,37,39-44H,17H2,1-10H3/t18?,32-,35+,37?,39?,40+,41?,42?,43+,44+/m1/s1. The van der Waals surface area contributed by atoms with Crippen LogP contribution in [0.2, 0.25) is 0 Å². The van der Waals surface area contributed by atoms with Crippen LogP contribution in [0.25, 0.3) is 22.3 Å². The van der Waals surface area contributed by atoms with E-state index in [1.165, 1.54) is 57.4 Å². The van der Waals surface area contributed by atoms with Crippen LogP contribution in [0.15, 0.2) is 45.6 Å². The van der Waals surface area contributed by atoms with Crippen molar-refractivity contribution in [1.82, 2.24) is 0 Å². The summed E-state index contributed by atoms with van der Waals surface area (Å²) < 4.78 is 80.8. The van der Waals surface area contributed by atoms with E-state index in [1.807, 2.05) is 0 Å². The highest BCUT2D eigenvalue weighted by molar-refractivity contribution is 5.90. The normalized spacial score (nSPS) is 24.5. The number of fused-ring (bicyclic) bond motifs is 1. The fraction of sp³-hybridized carbons (Fsp3) is 0.477. The number of hydrogen-bond donors (Lipinski definition) is 0. The average Bonchev–Trinajstić information content (AvgIpc) is 3.21. The Morgan fingerprint density at radius 2 is 1.10 bits per heavy atom. The Hall–Kier alpha value is -7.11. The van der Waals surface area contributed by atoms with Gasteiger partial charge in [-0.2, -0.15) is 0 Å². The topological polar surface area (TPSA) is 287 Å². The second kappa shape index (κ2) is 21.9. The van der Waals surface area contributed by atoms with Gasteiger partial charge < -0.3 is 66.0 Å². The van der Waals surface area contributed by atoms with E-state index >= 15 is 0 Å². The first-order valence-electron chi connectivity index (χ1n) is 20.3. The summed E-state index contributed by atoms with van der Waals surface area (Å²) in [6.45, 7) is 9.19. The lowest BCUT2D eigenvalue weighted by Gasteiger charge is -2.48. The summed E-state index contributed by atoms with van der Waals surface area (Å²) >= 11 is 0. The molecule has 67 heavy (non-hydrogen) atoms. The largest absolute Gasteiger partial charge is 0.496 e. The number of carbonyl (C=O) groups is 8. The molecule has 0 saturated carbocycles. The van der Waals surface area contributed by atoms with Crippen molar-refractivity contribution in [3.8, 4) is 34.3 Å². The molecule has 3 heterocycles. The first-order valence-corrected chi connectivity index (χ1v) is 20.3. The van der Waals surface area contributed by atoms with Crippen LogP contribution in [0.5, 0.6) is 23.0 Å². The lowest BCUT2D eigenvalue weighted by atomic mass is 9.96. The minimum atomic E-state index is -2.05. The number of methoxy groups -OCH3 is 1. The van der Waals surface area contributed by atoms with Crippen molar-refractivity contribution in [3.05, 3.63) is 46.6 Å². The summed E-state index contributed by atoms with van der Waals surface area (Å²) in [5.41, 5.74) is -1.08. The first-order chi connectivity index (χ1) is 31.6. The van der Waals surface area contributed by atoms with E-state index < -0.39 is 127 Å². The zero-order chi connectivity index (χ0) is 49.4. The van der Waals surface area contributed by atoms with Gasteiger partial charge in [-0.05, 0) is 31.2 Å². The van der Waals surface area contributed by atoms with Crippen molar-refractivity contribution in [2.75, 3.05) is 13.7 Å². The number of ether oxygens (including phenoxy) is 13. The third-order valence-corrected chi connectivity index (χ3v) is 9.56.